The van der Waals surface area contributed by atoms with E-state index in [0.717, 1.165) is 4.47 Å². The normalized spacial score (nSPS) is 10.6. The van der Waals surface area contributed by atoms with Gasteiger partial charge in [0.25, 0.3) is 0 Å². The molecule has 56 valence electrons. The zero-order valence-electron chi connectivity index (χ0n) is 5.33. The van der Waals surface area contributed by atoms with Crippen LogP contribution < -0.4 is 0 Å². The lowest BCUT2D eigenvalue weighted by Gasteiger charge is -1.85. The topological polar surface area (TPSA) is 26.3 Å². The Kier molecular flexibility index (Phi) is 1.58. The SMILES string of the molecule is S=c1oc2ccc(Br)cc2o1. The van der Waals surface area contributed by atoms with Crippen molar-refractivity contribution < 1.29 is 8.83 Å². The van der Waals surface area contributed by atoms with E-state index in [1.54, 1.807) is 6.07 Å². The number of rotatable bonds is 0. The average Bonchev–Trinajstić information content (AvgIpc) is 2.27. The van der Waals surface area contributed by atoms with E-state index in [9.17, 15) is 0 Å². The predicted molar refractivity (Wildman–Crippen MR) is 47.0 cm³/mol. The summed E-state index contributed by atoms with van der Waals surface area (Å²) in [4.78, 5) is 0.165. The zero-order chi connectivity index (χ0) is 7.84. The molecule has 0 fully saturated rings. The fraction of sp³-hybridized carbons (Fsp3) is 0. The van der Waals surface area contributed by atoms with Crippen molar-refractivity contribution in [1.29, 1.82) is 0 Å². The molecule has 0 saturated heterocycles. The third kappa shape index (κ3) is 1.23. The highest BCUT2D eigenvalue weighted by Crippen LogP contribution is 2.20. The molecule has 0 bridgehead atoms. The summed E-state index contributed by atoms with van der Waals surface area (Å²) in [7, 11) is 0. The molecule has 0 aliphatic rings. The third-order valence-corrected chi connectivity index (χ3v) is 1.95. The molecule has 1 aromatic carbocycles. The second kappa shape index (κ2) is 2.46. The first-order valence-corrected chi connectivity index (χ1v) is 4.15. The Bertz CT molecular complexity index is 443. The first-order valence-electron chi connectivity index (χ1n) is 2.95. The van der Waals surface area contributed by atoms with Crippen LogP contribution in [-0.4, -0.2) is 0 Å². The molecule has 1 heterocycles. The van der Waals surface area contributed by atoms with Crippen molar-refractivity contribution in [2.24, 2.45) is 0 Å². The van der Waals surface area contributed by atoms with Gasteiger partial charge in [0.1, 0.15) is 0 Å². The molecule has 0 saturated carbocycles. The van der Waals surface area contributed by atoms with E-state index in [1.165, 1.54) is 0 Å². The smallest absolute Gasteiger partial charge is 0.363 e. The van der Waals surface area contributed by atoms with E-state index in [-0.39, 0.29) is 4.90 Å². The van der Waals surface area contributed by atoms with Gasteiger partial charge in [-0.25, -0.2) is 0 Å². The second-order valence-electron chi connectivity index (χ2n) is 2.05. The summed E-state index contributed by atoms with van der Waals surface area (Å²) in [5, 5.41) is 0. The van der Waals surface area contributed by atoms with Crippen molar-refractivity contribution in [3.05, 3.63) is 27.6 Å². The molecule has 0 radical (unpaired) electrons. The number of halogens is 1. The molecular weight excluding hydrogens is 228 g/mol. The van der Waals surface area contributed by atoms with Crippen molar-refractivity contribution >= 4 is 39.3 Å². The molecule has 11 heavy (non-hydrogen) atoms. The average molecular weight is 231 g/mol. The van der Waals surface area contributed by atoms with Gasteiger partial charge in [-0.15, -0.1) is 0 Å². The lowest BCUT2D eigenvalue weighted by atomic mass is 10.3. The van der Waals surface area contributed by atoms with Crippen molar-refractivity contribution in [3.63, 3.8) is 0 Å². The maximum atomic E-state index is 5.07. The molecule has 0 aliphatic carbocycles. The molecule has 0 unspecified atom stereocenters. The fourth-order valence-electron chi connectivity index (χ4n) is 0.846. The highest BCUT2D eigenvalue weighted by Gasteiger charge is 1.99. The lowest BCUT2D eigenvalue weighted by molar-refractivity contribution is 0.444. The van der Waals surface area contributed by atoms with Crippen LogP contribution in [0.2, 0.25) is 0 Å². The number of hydrogen-bond acceptors (Lipinski definition) is 3. The Morgan fingerprint density at radius 3 is 2.73 bits per heavy atom. The molecular formula is C7H3BrO2S. The highest BCUT2D eigenvalue weighted by molar-refractivity contribution is 9.10. The Morgan fingerprint density at radius 2 is 1.91 bits per heavy atom. The molecule has 1 aromatic heterocycles. The van der Waals surface area contributed by atoms with Crippen LogP contribution in [0.15, 0.2) is 31.5 Å². The van der Waals surface area contributed by atoms with Gasteiger partial charge in [-0.1, -0.05) is 15.9 Å². The van der Waals surface area contributed by atoms with Crippen LogP contribution in [0.25, 0.3) is 11.2 Å². The summed E-state index contributed by atoms with van der Waals surface area (Å²) < 4.78 is 11.1. The standard InChI is InChI=1S/C7H3BrO2S/c8-4-1-2-5-6(3-4)10-7(11)9-5/h1-3H. The Hall–Kier alpha value is -0.610. The van der Waals surface area contributed by atoms with Crippen molar-refractivity contribution in [2.75, 3.05) is 0 Å². The summed E-state index contributed by atoms with van der Waals surface area (Å²) >= 11 is 8.01. The van der Waals surface area contributed by atoms with Crippen LogP contribution in [0.3, 0.4) is 0 Å². The largest absolute Gasteiger partial charge is 0.413 e. The van der Waals surface area contributed by atoms with Gasteiger partial charge in [-0.2, -0.15) is 0 Å². The summed E-state index contributed by atoms with van der Waals surface area (Å²) in [6, 6.07) is 5.49. The van der Waals surface area contributed by atoms with Crippen molar-refractivity contribution in [3.8, 4) is 0 Å². The monoisotopic (exact) mass is 230 g/mol. The third-order valence-electron chi connectivity index (χ3n) is 1.29. The van der Waals surface area contributed by atoms with Gasteiger partial charge in [-0.05, 0) is 18.2 Å². The van der Waals surface area contributed by atoms with Gasteiger partial charge in [0, 0.05) is 16.7 Å². The number of hydrogen-bond donors (Lipinski definition) is 0. The quantitative estimate of drug-likeness (QED) is 0.649. The molecule has 4 heteroatoms. The number of fused-ring (bicyclic) bond motifs is 1. The summed E-state index contributed by atoms with van der Waals surface area (Å²) in [6.45, 7) is 0. The highest BCUT2D eigenvalue weighted by atomic mass is 79.9. The van der Waals surface area contributed by atoms with Crippen LogP contribution in [0.5, 0.6) is 0 Å². The van der Waals surface area contributed by atoms with Gasteiger partial charge in [-0.3, -0.25) is 0 Å². The van der Waals surface area contributed by atoms with Crippen LogP contribution in [-0.2, 0) is 0 Å². The molecule has 0 spiro atoms. The first kappa shape index (κ1) is 7.06. The van der Waals surface area contributed by atoms with Gasteiger partial charge in [0.05, 0.1) is 0 Å². The molecule has 2 rings (SSSR count). The maximum absolute atomic E-state index is 5.07. The van der Waals surface area contributed by atoms with E-state index < -0.39 is 0 Å². The summed E-state index contributed by atoms with van der Waals surface area (Å²) in [5.41, 5.74) is 1.35. The van der Waals surface area contributed by atoms with Crippen LogP contribution in [0.1, 0.15) is 0 Å². The maximum Gasteiger partial charge on any atom is 0.363 e. The molecule has 0 aliphatic heterocycles. The molecule has 0 atom stereocenters. The van der Waals surface area contributed by atoms with Gasteiger partial charge in [0.15, 0.2) is 11.2 Å². The summed E-state index contributed by atoms with van der Waals surface area (Å²) in [5.74, 6) is 0. The molecule has 0 amide bonds. The van der Waals surface area contributed by atoms with E-state index in [4.69, 9.17) is 21.1 Å². The van der Waals surface area contributed by atoms with Gasteiger partial charge >= 0.3 is 4.90 Å². The van der Waals surface area contributed by atoms with E-state index in [1.807, 2.05) is 12.1 Å². The minimum absolute atomic E-state index is 0.165. The minimum Gasteiger partial charge on any atom is -0.413 e. The second-order valence-corrected chi connectivity index (χ2v) is 3.29. The zero-order valence-corrected chi connectivity index (χ0v) is 7.74. The van der Waals surface area contributed by atoms with Crippen LogP contribution >= 0.6 is 28.1 Å². The van der Waals surface area contributed by atoms with Crippen LogP contribution in [0, 0.1) is 4.90 Å². The Balaban J connectivity index is 2.92. The lowest BCUT2D eigenvalue weighted by Crippen LogP contribution is -1.62. The van der Waals surface area contributed by atoms with Crippen LogP contribution in [0.4, 0.5) is 0 Å². The van der Waals surface area contributed by atoms with Gasteiger partial charge in [0.2, 0.25) is 0 Å². The minimum atomic E-state index is 0.165. The Morgan fingerprint density at radius 1 is 1.18 bits per heavy atom. The van der Waals surface area contributed by atoms with Gasteiger partial charge < -0.3 is 8.83 Å². The predicted octanol–water partition coefficient (Wildman–Crippen LogP) is 3.52. The number of benzene rings is 1. The van der Waals surface area contributed by atoms with Crippen molar-refractivity contribution in [2.45, 2.75) is 0 Å². The van der Waals surface area contributed by atoms with Crippen molar-refractivity contribution in [1.82, 2.24) is 0 Å². The molecule has 2 aromatic rings. The van der Waals surface area contributed by atoms with E-state index in [0.29, 0.717) is 11.2 Å². The molecule has 2 nitrogen and oxygen atoms in total. The van der Waals surface area contributed by atoms with E-state index in [2.05, 4.69) is 15.9 Å². The molecule has 0 N–H and O–H groups in total. The summed E-state index contributed by atoms with van der Waals surface area (Å²) in [6.07, 6.45) is 0. The Labute approximate surface area is 75.9 Å². The van der Waals surface area contributed by atoms with E-state index >= 15 is 0 Å². The fourth-order valence-corrected chi connectivity index (χ4v) is 1.37. The first-order chi connectivity index (χ1) is 5.25.